The molecule has 0 aliphatic rings. The van der Waals surface area contributed by atoms with E-state index in [1.165, 1.54) is 0 Å². The number of hydrogen-bond acceptors (Lipinski definition) is 2. The van der Waals surface area contributed by atoms with Crippen molar-refractivity contribution < 1.29 is 14.7 Å². The lowest BCUT2D eigenvalue weighted by molar-refractivity contribution is -0.136. The Kier molecular flexibility index (Phi) is 6.17. The summed E-state index contributed by atoms with van der Waals surface area (Å²) in [5.41, 5.74) is 2.31. The molecule has 0 aliphatic carbocycles. The lowest BCUT2D eigenvalue weighted by Crippen LogP contribution is -2.51. The monoisotopic (exact) mass is 323 g/mol. The summed E-state index contributed by atoms with van der Waals surface area (Å²) in [5.74, 6) is -1.01. The van der Waals surface area contributed by atoms with Crippen LogP contribution in [0.3, 0.4) is 0 Å². The molecule has 1 aromatic rings. The summed E-state index contributed by atoms with van der Waals surface area (Å²) in [4.78, 5) is 22.8. The number of carboxylic acid groups (broad SMARTS) is 1. The first-order valence-electron chi connectivity index (χ1n) is 8.07. The molecule has 1 heterocycles. The molecule has 0 bridgehead atoms. The highest BCUT2D eigenvalue weighted by molar-refractivity contribution is 6.82. The molecule has 1 N–H and O–H groups in total. The van der Waals surface area contributed by atoms with Gasteiger partial charge in [0.15, 0.2) is 14.0 Å². The van der Waals surface area contributed by atoms with E-state index < -0.39 is 14.2 Å². The molecule has 0 spiro atoms. The van der Waals surface area contributed by atoms with Crippen LogP contribution < -0.4 is 0 Å². The Morgan fingerprint density at radius 2 is 1.55 bits per heavy atom. The van der Waals surface area contributed by atoms with Crippen LogP contribution >= 0.6 is 0 Å². The van der Waals surface area contributed by atoms with E-state index >= 15 is 0 Å². The average molecular weight is 324 g/mol. The van der Waals surface area contributed by atoms with Crippen molar-refractivity contribution in [2.24, 2.45) is 0 Å². The molecule has 0 radical (unpaired) electrons. The van der Waals surface area contributed by atoms with Crippen molar-refractivity contribution >= 4 is 20.0 Å². The first-order chi connectivity index (χ1) is 10.1. The highest BCUT2D eigenvalue weighted by Gasteiger charge is 2.45. The minimum Gasteiger partial charge on any atom is -0.481 e. The van der Waals surface area contributed by atoms with Crippen LogP contribution in [0, 0.1) is 0 Å². The van der Waals surface area contributed by atoms with E-state index in [2.05, 4.69) is 45.8 Å². The fourth-order valence-corrected chi connectivity index (χ4v) is 10.5. The Balaban J connectivity index is 3.15. The zero-order valence-corrected chi connectivity index (χ0v) is 15.6. The molecule has 124 valence electrons. The zero-order chi connectivity index (χ0) is 17.1. The minimum atomic E-state index is -1.83. The maximum Gasteiger partial charge on any atom is 0.303 e. The molecule has 0 saturated carbocycles. The quantitative estimate of drug-likeness (QED) is 0.563. The molecule has 0 fully saturated rings. The number of hydrogen-bond donors (Lipinski definition) is 1. The van der Waals surface area contributed by atoms with Gasteiger partial charge in [-0.05, 0) is 28.9 Å². The Hall–Kier alpha value is -1.36. The molecule has 0 unspecified atom stereocenters. The van der Waals surface area contributed by atoms with Crippen LogP contribution in [0.2, 0.25) is 16.6 Å². The molecule has 0 saturated heterocycles. The van der Waals surface area contributed by atoms with Crippen molar-refractivity contribution in [3.63, 3.8) is 0 Å². The zero-order valence-electron chi connectivity index (χ0n) is 14.6. The van der Waals surface area contributed by atoms with Gasteiger partial charge < -0.3 is 9.34 Å². The number of carbonyl (C=O) groups excluding carboxylic acids is 1. The third-order valence-electron chi connectivity index (χ3n) is 4.80. The smallest absolute Gasteiger partial charge is 0.303 e. The Bertz CT molecular complexity index is 510. The van der Waals surface area contributed by atoms with E-state index in [4.69, 9.17) is 5.11 Å². The summed E-state index contributed by atoms with van der Waals surface area (Å²) in [7, 11) is -1.83. The van der Waals surface area contributed by atoms with Gasteiger partial charge in [0.25, 0.3) is 0 Å². The van der Waals surface area contributed by atoms with Crippen LogP contribution in [0.5, 0.6) is 0 Å². The van der Waals surface area contributed by atoms with Crippen LogP contribution in [0.25, 0.3) is 0 Å². The fraction of sp³-hybridized carbons (Fsp3) is 0.647. The standard InChI is InChI=1S/C17H29NO3Si/c1-12(2)22(13(3)4,14(5)6)18-10-9-15(11-18)16(19)7-8-17(20)21/h9-14H,7-8H2,1-6H3,(H,20,21). The Labute approximate surface area is 134 Å². The van der Waals surface area contributed by atoms with Crippen LogP contribution in [-0.2, 0) is 4.79 Å². The summed E-state index contributed by atoms with van der Waals surface area (Å²) in [5, 5.41) is 8.71. The summed E-state index contributed by atoms with van der Waals surface area (Å²) in [6.07, 6.45) is 3.95. The van der Waals surface area contributed by atoms with Gasteiger partial charge in [-0.3, -0.25) is 9.59 Å². The van der Waals surface area contributed by atoms with Gasteiger partial charge in [0.05, 0.1) is 6.42 Å². The number of aliphatic carboxylic acids is 1. The molecule has 4 nitrogen and oxygen atoms in total. The fourth-order valence-electron chi connectivity index (χ4n) is 4.06. The van der Waals surface area contributed by atoms with Crippen LogP contribution in [0.4, 0.5) is 0 Å². The van der Waals surface area contributed by atoms with Gasteiger partial charge in [-0.2, -0.15) is 0 Å². The van der Waals surface area contributed by atoms with Gasteiger partial charge in [-0.15, -0.1) is 0 Å². The molecule has 0 aliphatic heterocycles. The van der Waals surface area contributed by atoms with Gasteiger partial charge in [0, 0.05) is 18.2 Å². The predicted molar refractivity (Wildman–Crippen MR) is 92.1 cm³/mol. The average Bonchev–Trinajstić information content (AvgIpc) is 2.85. The third-order valence-corrected chi connectivity index (χ3v) is 11.5. The number of Topliss-reactive ketones (excluding diaryl/α,β-unsaturated/α-hetero) is 1. The number of rotatable bonds is 8. The topological polar surface area (TPSA) is 59.3 Å². The molecule has 1 rings (SSSR count). The largest absolute Gasteiger partial charge is 0.481 e. The van der Waals surface area contributed by atoms with E-state index in [0.29, 0.717) is 22.2 Å². The Morgan fingerprint density at radius 1 is 1.05 bits per heavy atom. The molecule has 0 aromatic carbocycles. The van der Waals surface area contributed by atoms with Crippen molar-refractivity contribution in [1.82, 2.24) is 4.23 Å². The summed E-state index contributed by atoms with van der Waals surface area (Å²) >= 11 is 0. The van der Waals surface area contributed by atoms with E-state index in [0.717, 1.165) is 0 Å². The van der Waals surface area contributed by atoms with Gasteiger partial charge >= 0.3 is 5.97 Å². The summed E-state index contributed by atoms with van der Waals surface area (Å²) in [6, 6.07) is 1.85. The van der Waals surface area contributed by atoms with Gasteiger partial charge in [-0.1, -0.05) is 41.5 Å². The van der Waals surface area contributed by atoms with Crippen molar-refractivity contribution in [2.45, 2.75) is 71.0 Å². The van der Waals surface area contributed by atoms with E-state index in [1.807, 2.05) is 18.5 Å². The molecule has 0 amide bonds. The van der Waals surface area contributed by atoms with Crippen molar-refractivity contribution in [1.29, 1.82) is 0 Å². The number of aromatic nitrogens is 1. The predicted octanol–water partition coefficient (Wildman–Crippen LogP) is 4.56. The number of carboxylic acids is 1. The van der Waals surface area contributed by atoms with Crippen LogP contribution in [0.1, 0.15) is 64.7 Å². The van der Waals surface area contributed by atoms with Crippen molar-refractivity contribution in [3.8, 4) is 0 Å². The van der Waals surface area contributed by atoms with Gasteiger partial charge in [0.2, 0.25) is 0 Å². The maximum atomic E-state index is 12.1. The highest BCUT2D eigenvalue weighted by atomic mass is 28.3. The lowest BCUT2D eigenvalue weighted by Gasteiger charge is -2.44. The molecular weight excluding hydrogens is 294 g/mol. The first-order valence-corrected chi connectivity index (χ1v) is 10.2. The molecule has 22 heavy (non-hydrogen) atoms. The molecular formula is C17H29NO3Si. The number of nitrogens with zero attached hydrogens (tertiary/aromatic N) is 1. The van der Waals surface area contributed by atoms with E-state index in [1.54, 1.807) is 0 Å². The SMILES string of the molecule is CC(C)[Si](C(C)C)(C(C)C)n1ccc(C(=O)CCC(=O)O)c1. The molecule has 1 aromatic heterocycles. The van der Waals surface area contributed by atoms with Crippen LogP contribution in [0.15, 0.2) is 18.5 Å². The summed E-state index contributed by atoms with van der Waals surface area (Å²) < 4.78 is 2.31. The lowest BCUT2D eigenvalue weighted by atomic mass is 10.1. The number of carbonyl (C=O) groups is 2. The maximum absolute atomic E-state index is 12.1. The summed E-state index contributed by atoms with van der Waals surface area (Å²) in [6.45, 7) is 13.7. The minimum absolute atomic E-state index is 0.0684. The second-order valence-electron chi connectivity index (χ2n) is 6.98. The van der Waals surface area contributed by atoms with E-state index in [-0.39, 0.29) is 18.6 Å². The number of ketones is 1. The third kappa shape index (κ3) is 3.51. The van der Waals surface area contributed by atoms with Crippen molar-refractivity contribution in [2.75, 3.05) is 0 Å². The first kappa shape index (κ1) is 18.7. The van der Waals surface area contributed by atoms with Crippen molar-refractivity contribution in [3.05, 3.63) is 24.0 Å². The second-order valence-corrected chi connectivity index (χ2v) is 12.7. The second kappa shape index (κ2) is 7.27. The van der Waals surface area contributed by atoms with Gasteiger partial charge in [-0.25, -0.2) is 0 Å². The van der Waals surface area contributed by atoms with E-state index in [9.17, 15) is 9.59 Å². The highest BCUT2D eigenvalue weighted by Crippen LogP contribution is 2.42. The van der Waals surface area contributed by atoms with Gasteiger partial charge in [0.1, 0.15) is 0 Å². The molecule has 0 atom stereocenters. The Morgan fingerprint density at radius 3 is 1.95 bits per heavy atom. The van der Waals surface area contributed by atoms with Crippen LogP contribution in [-0.4, -0.2) is 29.3 Å². The molecule has 5 heteroatoms. The normalized spacial score (nSPS) is 12.4.